The summed E-state index contributed by atoms with van der Waals surface area (Å²) in [7, 11) is 0. The molecule has 4 rings (SSSR count). The van der Waals surface area contributed by atoms with E-state index in [2.05, 4.69) is 20.5 Å². The average molecular weight is 483 g/mol. The van der Waals surface area contributed by atoms with Crippen LogP contribution in [0.1, 0.15) is 42.0 Å². The number of ether oxygens (including phenoxy) is 1. The van der Waals surface area contributed by atoms with Gasteiger partial charge >= 0.3 is 0 Å². The molecule has 178 valence electrons. The van der Waals surface area contributed by atoms with Crippen LogP contribution in [0.2, 0.25) is 5.02 Å². The molecule has 10 heteroatoms. The summed E-state index contributed by atoms with van der Waals surface area (Å²) in [6, 6.07) is 11.9. The molecule has 0 saturated carbocycles. The van der Waals surface area contributed by atoms with Gasteiger partial charge < -0.3 is 19.5 Å². The average Bonchev–Trinajstić information content (AvgIpc) is 3.11. The van der Waals surface area contributed by atoms with Crippen molar-refractivity contribution in [2.75, 3.05) is 19.7 Å². The van der Waals surface area contributed by atoms with Crippen molar-refractivity contribution in [1.82, 2.24) is 30.0 Å². The van der Waals surface area contributed by atoms with Gasteiger partial charge in [-0.05, 0) is 30.2 Å². The number of amides is 2. The SMILES string of the molecule is CC(C)[C@@H](NC(=O)c1ccccn1)c1nnc2n1CCN(C(=O)COc1ccccc1Cl)CC2. The maximum atomic E-state index is 12.8. The lowest BCUT2D eigenvalue weighted by Crippen LogP contribution is -2.37. The molecule has 0 bridgehead atoms. The predicted octanol–water partition coefficient (Wildman–Crippen LogP) is 2.92. The van der Waals surface area contributed by atoms with Crippen LogP contribution >= 0.6 is 11.6 Å². The molecule has 0 saturated heterocycles. The summed E-state index contributed by atoms with van der Waals surface area (Å²) in [5, 5.41) is 12.3. The minimum absolute atomic E-state index is 0.0750. The highest BCUT2D eigenvalue weighted by Gasteiger charge is 2.29. The van der Waals surface area contributed by atoms with Crippen molar-refractivity contribution in [2.45, 2.75) is 32.9 Å². The van der Waals surface area contributed by atoms with Crippen LogP contribution in [0.5, 0.6) is 5.75 Å². The summed E-state index contributed by atoms with van der Waals surface area (Å²) in [6.07, 6.45) is 2.15. The third kappa shape index (κ3) is 5.36. The topological polar surface area (TPSA) is 102 Å². The van der Waals surface area contributed by atoms with Gasteiger partial charge in [0.05, 0.1) is 11.1 Å². The Morgan fingerprint density at radius 1 is 1.09 bits per heavy atom. The molecule has 9 nitrogen and oxygen atoms in total. The summed E-state index contributed by atoms with van der Waals surface area (Å²) < 4.78 is 7.62. The maximum absolute atomic E-state index is 12.8. The fraction of sp³-hybridized carbons (Fsp3) is 0.375. The van der Waals surface area contributed by atoms with Gasteiger partial charge in [-0.15, -0.1) is 10.2 Å². The predicted molar refractivity (Wildman–Crippen MR) is 127 cm³/mol. The molecule has 2 aromatic heterocycles. The zero-order valence-corrected chi connectivity index (χ0v) is 19.9. The van der Waals surface area contributed by atoms with E-state index >= 15 is 0 Å². The third-order valence-electron chi connectivity index (χ3n) is 5.72. The molecular formula is C24H27ClN6O3. The van der Waals surface area contributed by atoms with E-state index in [0.29, 0.717) is 48.3 Å². The highest BCUT2D eigenvalue weighted by atomic mass is 35.5. The van der Waals surface area contributed by atoms with E-state index in [4.69, 9.17) is 16.3 Å². The Labute approximate surface area is 203 Å². The summed E-state index contributed by atoms with van der Waals surface area (Å²) in [5.74, 6) is 1.63. The van der Waals surface area contributed by atoms with E-state index in [9.17, 15) is 9.59 Å². The van der Waals surface area contributed by atoms with Crippen LogP contribution in [0, 0.1) is 5.92 Å². The van der Waals surface area contributed by atoms with Crippen LogP contribution in [0.3, 0.4) is 0 Å². The van der Waals surface area contributed by atoms with Gasteiger partial charge in [-0.25, -0.2) is 0 Å². The van der Waals surface area contributed by atoms with Gasteiger partial charge in [0.15, 0.2) is 12.4 Å². The zero-order valence-electron chi connectivity index (χ0n) is 19.1. The minimum Gasteiger partial charge on any atom is -0.482 e. The first-order valence-electron chi connectivity index (χ1n) is 11.2. The number of aromatic nitrogens is 4. The van der Waals surface area contributed by atoms with Gasteiger partial charge in [-0.2, -0.15) is 0 Å². The lowest BCUT2D eigenvalue weighted by atomic mass is 10.0. The molecule has 2 amide bonds. The van der Waals surface area contributed by atoms with E-state index in [1.54, 1.807) is 41.4 Å². The molecule has 1 N–H and O–H groups in total. The fourth-order valence-electron chi connectivity index (χ4n) is 3.86. The van der Waals surface area contributed by atoms with E-state index in [1.807, 2.05) is 30.5 Å². The molecule has 0 spiro atoms. The second kappa shape index (κ2) is 10.6. The van der Waals surface area contributed by atoms with E-state index in [1.165, 1.54) is 0 Å². The van der Waals surface area contributed by atoms with Gasteiger partial charge in [0, 0.05) is 32.3 Å². The first kappa shape index (κ1) is 23.7. The number of fused-ring (bicyclic) bond motifs is 1. The van der Waals surface area contributed by atoms with Crippen molar-refractivity contribution in [3.63, 3.8) is 0 Å². The van der Waals surface area contributed by atoms with E-state index in [0.717, 1.165) is 5.82 Å². The Hall–Kier alpha value is -3.46. The summed E-state index contributed by atoms with van der Waals surface area (Å²) >= 11 is 6.11. The summed E-state index contributed by atoms with van der Waals surface area (Å²) in [4.78, 5) is 31.4. The second-order valence-electron chi connectivity index (χ2n) is 8.39. The summed E-state index contributed by atoms with van der Waals surface area (Å²) in [6.45, 7) is 5.47. The molecule has 1 aliphatic heterocycles. The first-order valence-corrected chi connectivity index (χ1v) is 11.6. The van der Waals surface area contributed by atoms with Gasteiger partial charge in [0.2, 0.25) is 0 Å². The number of nitrogens with zero attached hydrogens (tertiary/aromatic N) is 5. The lowest BCUT2D eigenvalue weighted by molar-refractivity contribution is -0.133. The van der Waals surface area contributed by atoms with Crippen LogP contribution in [0.4, 0.5) is 0 Å². The first-order chi connectivity index (χ1) is 16.4. The third-order valence-corrected chi connectivity index (χ3v) is 6.04. The lowest BCUT2D eigenvalue weighted by Gasteiger charge is -2.23. The molecule has 0 aliphatic carbocycles. The van der Waals surface area contributed by atoms with Gasteiger partial charge in [0.1, 0.15) is 17.3 Å². The van der Waals surface area contributed by atoms with E-state index in [-0.39, 0.29) is 30.4 Å². The Balaban J connectivity index is 1.43. The van der Waals surface area contributed by atoms with Crippen LogP contribution in [0.25, 0.3) is 0 Å². The largest absolute Gasteiger partial charge is 0.482 e. The van der Waals surface area contributed by atoms with Gasteiger partial charge in [-0.3, -0.25) is 14.6 Å². The van der Waals surface area contributed by atoms with Gasteiger partial charge in [0.25, 0.3) is 11.8 Å². The van der Waals surface area contributed by atoms with Crippen molar-refractivity contribution in [3.8, 4) is 5.75 Å². The number of pyridine rings is 1. The molecule has 0 unspecified atom stereocenters. The Kier molecular flexibility index (Phi) is 7.42. The number of hydrogen-bond donors (Lipinski definition) is 1. The van der Waals surface area contributed by atoms with Crippen molar-refractivity contribution in [1.29, 1.82) is 0 Å². The van der Waals surface area contributed by atoms with E-state index < -0.39 is 0 Å². The Bertz CT molecular complexity index is 1150. The number of rotatable bonds is 7. The monoisotopic (exact) mass is 482 g/mol. The van der Waals surface area contributed by atoms with Crippen LogP contribution in [0.15, 0.2) is 48.7 Å². The van der Waals surface area contributed by atoms with Crippen molar-refractivity contribution in [3.05, 3.63) is 71.0 Å². The Morgan fingerprint density at radius 3 is 2.62 bits per heavy atom. The molecule has 34 heavy (non-hydrogen) atoms. The molecule has 1 aromatic carbocycles. The highest BCUT2D eigenvalue weighted by molar-refractivity contribution is 6.32. The number of benzene rings is 1. The molecule has 0 radical (unpaired) electrons. The maximum Gasteiger partial charge on any atom is 0.270 e. The van der Waals surface area contributed by atoms with Crippen molar-refractivity contribution >= 4 is 23.4 Å². The van der Waals surface area contributed by atoms with Gasteiger partial charge in [-0.1, -0.05) is 43.6 Å². The zero-order chi connectivity index (χ0) is 24.1. The minimum atomic E-state index is -0.346. The van der Waals surface area contributed by atoms with Crippen LogP contribution in [-0.2, 0) is 17.8 Å². The molecule has 0 fully saturated rings. The number of hydrogen-bond acceptors (Lipinski definition) is 6. The number of halogens is 1. The normalized spacial score (nSPS) is 14.3. The highest BCUT2D eigenvalue weighted by Crippen LogP contribution is 2.24. The van der Waals surface area contributed by atoms with Crippen LogP contribution in [-0.4, -0.2) is 56.2 Å². The molecule has 3 heterocycles. The molecule has 1 aliphatic rings. The van der Waals surface area contributed by atoms with Crippen molar-refractivity contribution < 1.29 is 14.3 Å². The number of nitrogens with one attached hydrogen (secondary N) is 1. The standard InChI is InChI=1S/C24H27ClN6O3/c1-16(2)22(27-24(33)18-8-5-6-11-26-18)23-29-28-20-10-12-30(13-14-31(20)23)21(32)15-34-19-9-4-3-7-17(19)25/h3-9,11,16,22H,10,12-15H2,1-2H3,(H,27,33)/t22-/m1/s1. The molecule has 3 aromatic rings. The van der Waals surface area contributed by atoms with Crippen molar-refractivity contribution in [2.24, 2.45) is 5.92 Å². The van der Waals surface area contributed by atoms with Crippen LogP contribution < -0.4 is 10.1 Å². The number of carbonyl (C=O) groups is 2. The number of carbonyl (C=O) groups excluding carboxylic acids is 2. The molecule has 1 atom stereocenters. The Morgan fingerprint density at radius 2 is 1.88 bits per heavy atom. The quantitative estimate of drug-likeness (QED) is 0.555. The fourth-order valence-corrected chi connectivity index (χ4v) is 4.05. The second-order valence-corrected chi connectivity index (χ2v) is 8.79. The number of para-hydroxylation sites is 1. The smallest absolute Gasteiger partial charge is 0.270 e. The molecular weight excluding hydrogens is 456 g/mol. The summed E-state index contributed by atoms with van der Waals surface area (Å²) in [5.41, 5.74) is 0.346.